The summed E-state index contributed by atoms with van der Waals surface area (Å²) in [5, 5.41) is 2.91. The Morgan fingerprint density at radius 3 is 2.45 bits per heavy atom. The van der Waals surface area contributed by atoms with Crippen molar-refractivity contribution in [3.8, 4) is 0 Å². The normalized spacial score (nSPS) is 24.1. The van der Waals surface area contributed by atoms with Crippen molar-refractivity contribution >= 4 is 9.24 Å². The molecule has 2 aromatic rings. The fourth-order valence-electron chi connectivity index (χ4n) is 2.88. The summed E-state index contributed by atoms with van der Waals surface area (Å²) in [6, 6.07) is 10.4. The third-order valence-electron chi connectivity index (χ3n) is 4.57. The van der Waals surface area contributed by atoms with Crippen molar-refractivity contribution < 1.29 is 4.39 Å². The number of alkyl halides is 1. The molecule has 4 unspecified atom stereocenters. The predicted octanol–water partition coefficient (Wildman–Crippen LogP) is 4.42. The lowest BCUT2D eigenvalue weighted by Crippen LogP contribution is -2.31. The molecule has 3 rings (SSSR count). The second-order valence-electron chi connectivity index (χ2n) is 7.26. The van der Waals surface area contributed by atoms with Crippen molar-refractivity contribution in [3.05, 3.63) is 47.5 Å². The molecule has 0 N–H and O–H groups in total. The van der Waals surface area contributed by atoms with Gasteiger partial charge in [0.05, 0.1) is 6.04 Å². The molecule has 0 saturated carbocycles. The van der Waals surface area contributed by atoms with E-state index < -0.39 is 10.8 Å². The molecular weight excluding hydrogens is 296 g/mol. The molecule has 0 bridgehead atoms. The molecular formula is C17H23FN3P. The molecule has 1 aliphatic heterocycles. The van der Waals surface area contributed by atoms with Gasteiger partial charge in [-0.3, -0.25) is 0 Å². The van der Waals surface area contributed by atoms with Crippen molar-refractivity contribution in [1.29, 1.82) is 0 Å². The summed E-state index contributed by atoms with van der Waals surface area (Å²) in [6.45, 7) is 7.73. The molecule has 0 aliphatic carbocycles. The van der Waals surface area contributed by atoms with E-state index in [9.17, 15) is 0 Å². The van der Waals surface area contributed by atoms with Crippen molar-refractivity contribution in [2.24, 2.45) is 5.41 Å². The molecule has 22 heavy (non-hydrogen) atoms. The van der Waals surface area contributed by atoms with E-state index in [0.717, 1.165) is 12.2 Å². The topological polar surface area (TPSA) is 30.7 Å². The Hall–Kier alpha value is -1.28. The van der Waals surface area contributed by atoms with Gasteiger partial charge in [0.2, 0.25) is 0 Å². The molecule has 0 saturated heterocycles. The Labute approximate surface area is 133 Å². The number of rotatable bonds is 2. The third-order valence-corrected chi connectivity index (χ3v) is 5.70. The van der Waals surface area contributed by atoms with Gasteiger partial charge in [-0.05, 0) is 12.0 Å². The first-order valence-corrected chi connectivity index (χ1v) is 8.29. The fraction of sp³-hybridized carbons (Fsp3) is 0.529. The van der Waals surface area contributed by atoms with Crippen LogP contribution in [0.1, 0.15) is 63.3 Å². The van der Waals surface area contributed by atoms with E-state index >= 15 is 4.39 Å². The van der Waals surface area contributed by atoms with Gasteiger partial charge in [0.25, 0.3) is 0 Å². The molecule has 4 atom stereocenters. The zero-order valence-corrected chi connectivity index (χ0v) is 14.7. The Morgan fingerprint density at radius 2 is 1.86 bits per heavy atom. The lowest BCUT2D eigenvalue weighted by Gasteiger charge is -2.31. The highest BCUT2D eigenvalue weighted by molar-refractivity contribution is 7.18. The average molecular weight is 319 g/mol. The minimum Gasteiger partial charge on any atom is -0.242 e. The first kappa shape index (κ1) is 15.6. The molecule has 118 valence electrons. The highest BCUT2D eigenvalue weighted by Crippen LogP contribution is 2.48. The van der Waals surface area contributed by atoms with Crippen LogP contribution in [0.3, 0.4) is 0 Å². The Bertz CT molecular complexity index is 673. The molecule has 1 aliphatic rings. The zero-order valence-electron chi connectivity index (χ0n) is 13.5. The second-order valence-corrected chi connectivity index (χ2v) is 8.06. The monoisotopic (exact) mass is 319 g/mol. The molecule has 0 spiro atoms. The van der Waals surface area contributed by atoms with Crippen molar-refractivity contribution in [1.82, 2.24) is 14.8 Å². The summed E-state index contributed by atoms with van der Waals surface area (Å²) in [4.78, 5) is 4.54. The minimum absolute atomic E-state index is 0.146. The van der Waals surface area contributed by atoms with Crippen LogP contribution in [0.25, 0.3) is 0 Å². The van der Waals surface area contributed by atoms with E-state index in [-0.39, 0.29) is 17.8 Å². The van der Waals surface area contributed by atoms with E-state index in [4.69, 9.17) is 0 Å². The van der Waals surface area contributed by atoms with Gasteiger partial charge in [-0.15, -0.1) is 0 Å². The molecule has 0 amide bonds. The maximum Gasteiger partial charge on any atom is 0.192 e. The Kier molecular flexibility index (Phi) is 3.64. The van der Waals surface area contributed by atoms with Crippen LogP contribution < -0.4 is 0 Å². The van der Waals surface area contributed by atoms with E-state index in [0.29, 0.717) is 0 Å². The van der Waals surface area contributed by atoms with Crippen LogP contribution in [-0.4, -0.2) is 14.8 Å². The SMILES string of the molecule is CC1CC(c2ccccc2)n2nc(C(F)(P)C(C)(C)C)nc21. The number of fused-ring (bicyclic) bond motifs is 1. The smallest absolute Gasteiger partial charge is 0.192 e. The molecule has 2 heterocycles. The van der Waals surface area contributed by atoms with Gasteiger partial charge in [-0.2, -0.15) is 5.10 Å². The maximum atomic E-state index is 15.2. The third kappa shape index (κ3) is 2.38. The highest BCUT2D eigenvalue weighted by atomic mass is 31.0. The van der Waals surface area contributed by atoms with Crippen molar-refractivity contribution in [3.63, 3.8) is 0 Å². The summed E-state index contributed by atoms with van der Waals surface area (Å²) in [5.41, 5.74) is 0.625. The van der Waals surface area contributed by atoms with E-state index in [1.807, 2.05) is 43.7 Å². The van der Waals surface area contributed by atoms with Crippen LogP contribution in [0, 0.1) is 5.41 Å². The molecule has 0 radical (unpaired) electrons. The van der Waals surface area contributed by atoms with E-state index in [1.54, 1.807) is 0 Å². The van der Waals surface area contributed by atoms with E-state index in [1.165, 1.54) is 5.56 Å². The Balaban J connectivity index is 2.04. The summed E-state index contributed by atoms with van der Waals surface area (Å²) in [6.07, 6.45) is 0.964. The van der Waals surface area contributed by atoms with Crippen LogP contribution in [-0.2, 0) is 5.41 Å². The lowest BCUT2D eigenvalue weighted by molar-refractivity contribution is 0.113. The van der Waals surface area contributed by atoms with Crippen LogP contribution in [0.5, 0.6) is 0 Å². The molecule has 1 aromatic heterocycles. The standard InChI is InChI=1S/C17H23FN3P/c1-11-10-13(12-8-6-5-7-9-12)21-14(11)19-15(20-21)17(18,22)16(2,3)4/h5-9,11,13H,10,22H2,1-4H3. The maximum absolute atomic E-state index is 15.2. The quantitative estimate of drug-likeness (QED) is 0.767. The molecule has 0 fully saturated rings. The molecule has 5 heteroatoms. The zero-order chi connectivity index (χ0) is 16.1. The number of hydrogen-bond acceptors (Lipinski definition) is 2. The summed E-state index contributed by atoms with van der Waals surface area (Å²) in [7, 11) is 2.30. The van der Waals surface area contributed by atoms with Gasteiger partial charge >= 0.3 is 0 Å². The summed E-state index contributed by atoms with van der Waals surface area (Å²) < 4.78 is 17.1. The number of benzene rings is 1. The fourth-order valence-corrected chi connectivity index (χ4v) is 3.01. The second kappa shape index (κ2) is 5.13. The largest absolute Gasteiger partial charge is 0.242 e. The summed E-state index contributed by atoms with van der Waals surface area (Å²) >= 11 is 0. The van der Waals surface area contributed by atoms with Gasteiger partial charge in [-0.1, -0.05) is 67.3 Å². The van der Waals surface area contributed by atoms with Crippen LogP contribution in [0.2, 0.25) is 0 Å². The van der Waals surface area contributed by atoms with Gasteiger partial charge < -0.3 is 0 Å². The number of halogens is 1. The Morgan fingerprint density at radius 1 is 1.23 bits per heavy atom. The van der Waals surface area contributed by atoms with E-state index in [2.05, 4.69) is 38.4 Å². The van der Waals surface area contributed by atoms with Gasteiger partial charge in [0.1, 0.15) is 5.82 Å². The molecule has 3 nitrogen and oxygen atoms in total. The van der Waals surface area contributed by atoms with Crippen LogP contribution in [0.15, 0.2) is 30.3 Å². The first-order valence-electron chi connectivity index (χ1n) is 7.71. The van der Waals surface area contributed by atoms with Crippen LogP contribution >= 0.6 is 9.24 Å². The predicted molar refractivity (Wildman–Crippen MR) is 89.6 cm³/mol. The lowest BCUT2D eigenvalue weighted by atomic mass is 9.89. The number of aromatic nitrogens is 3. The number of nitrogens with zero attached hydrogens (tertiary/aromatic N) is 3. The first-order chi connectivity index (χ1) is 10.2. The van der Waals surface area contributed by atoms with Crippen molar-refractivity contribution in [2.75, 3.05) is 0 Å². The van der Waals surface area contributed by atoms with Gasteiger partial charge in [0, 0.05) is 11.3 Å². The highest BCUT2D eigenvalue weighted by Gasteiger charge is 2.45. The van der Waals surface area contributed by atoms with Gasteiger partial charge in [0.15, 0.2) is 11.2 Å². The molecule has 1 aromatic carbocycles. The summed E-state index contributed by atoms with van der Waals surface area (Å²) in [5.74, 6) is 1.44. The minimum atomic E-state index is -1.63. The number of hydrogen-bond donors (Lipinski definition) is 0. The average Bonchev–Trinajstić information content (AvgIpc) is 3.00. The van der Waals surface area contributed by atoms with Crippen molar-refractivity contribution in [2.45, 2.75) is 51.5 Å². The van der Waals surface area contributed by atoms with Crippen LogP contribution in [0.4, 0.5) is 4.39 Å². The van der Waals surface area contributed by atoms with Gasteiger partial charge in [-0.25, -0.2) is 14.1 Å².